The molecule has 1 N–H and O–H groups in total. The molecular formula is C25H20F2N2O3S. The average molecular weight is 467 g/mol. The molecule has 0 spiro atoms. The number of halogens is 2. The van der Waals surface area contributed by atoms with Crippen LogP contribution in [0.25, 0.3) is 22.0 Å². The van der Waals surface area contributed by atoms with Crippen LogP contribution in [0.2, 0.25) is 0 Å². The number of anilines is 1. The summed E-state index contributed by atoms with van der Waals surface area (Å²) in [5.41, 5.74) is 2.94. The normalized spacial score (nSPS) is 10.9. The van der Waals surface area contributed by atoms with Gasteiger partial charge in [0.25, 0.3) is 0 Å². The van der Waals surface area contributed by atoms with Crippen LogP contribution in [0.3, 0.4) is 0 Å². The number of hydrogen-bond acceptors (Lipinski definition) is 5. The first kappa shape index (κ1) is 22.5. The number of nitrogens with one attached hydrogen (secondary N) is 1. The lowest BCUT2D eigenvalue weighted by Crippen LogP contribution is -2.15. The predicted molar refractivity (Wildman–Crippen MR) is 126 cm³/mol. The van der Waals surface area contributed by atoms with Crippen LogP contribution in [0, 0.1) is 0 Å². The number of pyridine rings is 1. The Morgan fingerprint density at radius 3 is 2.55 bits per heavy atom. The predicted octanol–water partition coefficient (Wildman–Crippen LogP) is 6.24. The number of nitrogens with zero attached hydrogens (tertiary/aromatic N) is 1. The van der Waals surface area contributed by atoms with Crippen LogP contribution in [0.15, 0.2) is 83.9 Å². The van der Waals surface area contributed by atoms with Crippen LogP contribution in [-0.2, 0) is 4.79 Å². The van der Waals surface area contributed by atoms with Crippen molar-refractivity contribution in [2.45, 2.75) is 11.6 Å². The van der Waals surface area contributed by atoms with Gasteiger partial charge in [-0.05, 0) is 41.5 Å². The fourth-order valence-electron chi connectivity index (χ4n) is 3.34. The minimum absolute atomic E-state index is 0.0414. The number of carbonyl (C=O) groups is 1. The number of amides is 1. The van der Waals surface area contributed by atoms with E-state index in [2.05, 4.69) is 15.0 Å². The molecule has 0 radical (unpaired) electrons. The van der Waals surface area contributed by atoms with Crippen molar-refractivity contribution in [2.24, 2.45) is 0 Å². The number of carbonyl (C=O) groups excluding carboxylic acids is 1. The van der Waals surface area contributed by atoms with Crippen LogP contribution in [0.1, 0.15) is 0 Å². The van der Waals surface area contributed by atoms with E-state index in [-0.39, 0.29) is 23.1 Å². The Kier molecular flexibility index (Phi) is 7.04. The first-order valence-corrected chi connectivity index (χ1v) is 11.0. The summed E-state index contributed by atoms with van der Waals surface area (Å²) in [6.45, 7) is -2.98. The van der Waals surface area contributed by atoms with Crippen LogP contribution in [-0.4, -0.2) is 30.4 Å². The van der Waals surface area contributed by atoms with Crippen molar-refractivity contribution < 1.29 is 23.0 Å². The molecule has 0 bridgehead atoms. The van der Waals surface area contributed by atoms with Gasteiger partial charge in [0.15, 0.2) is 0 Å². The fraction of sp³-hybridized carbons (Fsp3) is 0.120. The van der Waals surface area contributed by atoms with Crippen molar-refractivity contribution in [3.05, 3.63) is 78.9 Å². The molecule has 0 saturated heterocycles. The van der Waals surface area contributed by atoms with E-state index in [1.807, 2.05) is 54.6 Å². The molecule has 4 aromatic rings. The van der Waals surface area contributed by atoms with E-state index >= 15 is 0 Å². The molecule has 168 valence electrons. The molecule has 0 unspecified atom stereocenters. The Morgan fingerprint density at radius 2 is 1.79 bits per heavy atom. The highest BCUT2D eigenvalue weighted by molar-refractivity contribution is 7.99. The zero-order valence-electron chi connectivity index (χ0n) is 17.6. The maximum absolute atomic E-state index is 12.6. The molecule has 1 heterocycles. The number of rotatable bonds is 8. The van der Waals surface area contributed by atoms with Crippen LogP contribution < -0.4 is 14.8 Å². The third-order valence-corrected chi connectivity index (χ3v) is 5.72. The number of fused-ring (bicyclic) bond motifs is 1. The summed E-state index contributed by atoms with van der Waals surface area (Å²) in [6.07, 6.45) is 0. The van der Waals surface area contributed by atoms with Gasteiger partial charge >= 0.3 is 6.61 Å². The largest absolute Gasteiger partial charge is 0.497 e. The van der Waals surface area contributed by atoms with Gasteiger partial charge in [-0.15, -0.1) is 0 Å². The zero-order valence-corrected chi connectivity index (χ0v) is 18.4. The highest BCUT2D eigenvalue weighted by Crippen LogP contribution is 2.33. The Labute approximate surface area is 193 Å². The lowest BCUT2D eigenvalue weighted by Gasteiger charge is -2.12. The number of alkyl halides is 2. The summed E-state index contributed by atoms with van der Waals surface area (Å²) in [4.78, 5) is 17.2. The quantitative estimate of drug-likeness (QED) is 0.311. The molecule has 1 aromatic heterocycles. The number of para-hydroxylation sites is 2. The Balaban J connectivity index is 1.57. The highest BCUT2D eigenvalue weighted by atomic mass is 32.2. The van der Waals surface area contributed by atoms with Crippen molar-refractivity contribution >= 4 is 34.3 Å². The fourth-order valence-corrected chi connectivity index (χ4v) is 4.05. The summed E-state index contributed by atoms with van der Waals surface area (Å²) in [6, 6.07) is 23.6. The molecule has 0 atom stereocenters. The average Bonchev–Trinajstić information content (AvgIpc) is 2.83. The van der Waals surface area contributed by atoms with Crippen molar-refractivity contribution in [1.82, 2.24) is 4.98 Å². The standard InChI is InChI=1S/C25H20F2N2O3S/c1-31-17-11-12-18-19(16-7-3-2-4-8-16)14-24(29-21(18)13-17)33-15-23(30)28-20-9-5-6-10-22(20)32-25(26)27/h2-14,25H,15H2,1H3,(H,28,30). The second-order valence-electron chi connectivity index (χ2n) is 6.97. The number of methoxy groups -OCH3 is 1. The minimum atomic E-state index is -2.98. The first-order valence-electron chi connectivity index (χ1n) is 10.0. The van der Waals surface area contributed by atoms with Crippen LogP contribution >= 0.6 is 11.8 Å². The molecule has 0 saturated carbocycles. The lowest BCUT2D eigenvalue weighted by atomic mass is 10.0. The monoisotopic (exact) mass is 466 g/mol. The van der Waals surface area contributed by atoms with E-state index < -0.39 is 6.61 Å². The van der Waals surface area contributed by atoms with E-state index in [9.17, 15) is 13.6 Å². The van der Waals surface area contributed by atoms with E-state index in [4.69, 9.17) is 4.74 Å². The first-order chi connectivity index (χ1) is 16.0. The van der Waals surface area contributed by atoms with E-state index in [1.165, 1.54) is 23.9 Å². The summed E-state index contributed by atoms with van der Waals surface area (Å²) in [5.74, 6) is 0.275. The van der Waals surface area contributed by atoms with Gasteiger partial charge in [0, 0.05) is 11.5 Å². The topological polar surface area (TPSA) is 60.5 Å². The van der Waals surface area contributed by atoms with Crippen molar-refractivity contribution in [3.63, 3.8) is 0 Å². The maximum Gasteiger partial charge on any atom is 0.387 e. The van der Waals surface area contributed by atoms with Crippen molar-refractivity contribution in [2.75, 3.05) is 18.2 Å². The molecule has 0 fully saturated rings. The number of thioether (sulfide) groups is 1. The summed E-state index contributed by atoms with van der Waals surface area (Å²) < 4.78 is 35.0. The van der Waals surface area contributed by atoms with Gasteiger partial charge in [0.05, 0.1) is 29.1 Å². The molecule has 0 aliphatic heterocycles. The number of ether oxygens (including phenoxy) is 2. The lowest BCUT2D eigenvalue weighted by molar-refractivity contribution is -0.113. The van der Waals surface area contributed by atoms with Crippen molar-refractivity contribution in [1.29, 1.82) is 0 Å². The Hall–Kier alpha value is -3.65. The van der Waals surface area contributed by atoms with E-state index in [1.54, 1.807) is 19.2 Å². The summed E-state index contributed by atoms with van der Waals surface area (Å²) in [7, 11) is 1.60. The summed E-state index contributed by atoms with van der Waals surface area (Å²) in [5, 5.41) is 4.24. The molecule has 8 heteroatoms. The second-order valence-corrected chi connectivity index (χ2v) is 7.96. The molecule has 3 aromatic carbocycles. The summed E-state index contributed by atoms with van der Waals surface area (Å²) >= 11 is 1.25. The molecule has 0 aliphatic rings. The highest BCUT2D eigenvalue weighted by Gasteiger charge is 2.14. The number of hydrogen-bond donors (Lipinski definition) is 1. The van der Waals surface area contributed by atoms with Gasteiger partial charge in [0.1, 0.15) is 11.5 Å². The van der Waals surface area contributed by atoms with Crippen LogP contribution in [0.5, 0.6) is 11.5 Å². The third-order valence-electron chi connectivity index (χ3n) is 4.81. The maximum atomic E-state index is 12.6. The molecule has 5 nitrogen and oxygen atoms in total. The minimum Gasteiger partial charge on any atom is -0.497 e. The van der Waals surface area contributed by atoms with E-state index in [0.29, 0.717) is 10.8 Å². The smallest absolute Gasteiger partial charge is 0.387 e. The molecular weight excluding hydrogens is 446 g/mol. The zero-order chi connectivity index (χ0) is 23.2. The van der Waals surface area contributed by atoms with Crippen molar-refractivity contribution in [3.8, 4) is 22.6 Å². The third kappa shape index (κ3) is 5.59. The van der Waals surface area contributed by atoms with Gasteiger partial charge in [-0.3, -0.25) is 4.79 Å². The van der Waals surface area contributed by atoms with E-state index in [0.717, 1.165) is 22.0 Å². The number of benzene rings is 3. The van der Waals surface area contributed by atoms with Gasteiger partial charge in [0.2, 0.25) is 5.91 Å². The second kappa shape index (κ2) is 10.3. The van der Waals surface area contributed by atoms with Gasteiger partial charge < -0.3 is 14.8 Å². The number of aromatic nitrogens is 1. The van der Waals surface area contributed by atoms with Gasteiger partial charge in [-0.1, -0.05) is 54.2 Å². The van der Waals surface area contributed by atoms with Crippen LogP contribution in [0.4, 0.5) is 14.5 Å². The molecule has 33 heavy (non-hydrogen) atoms. The van der Waals surface area contributed by atoms with Gasteiger partial charge in [-0.25, -0.2) is 4.98 Å². The Morgan fingerprint density at radius 1 is 1.03 bits per heavy atom. The molecule has 4 rings (SSSR count). The van der Waals surface area contributed by atoms with Gasteiger partial charge in [-0.2, -0.15) is 8.78 Å². The SMILES string of the molecule is COc1ccc2c(-c3ccccc3)cc(SCC(=O)Nc3ccccc3OC(F)F)nc2c1. The Bertz CT molecular complexity index is 1270. The molecule has 1 amide bonds. The molecule has 0 aliphatic carbocycles.